The van der Waals surface area contributed by atoms with Crippen molar-refractivity contribution in [3.05, 3.63) is 0 Å². The molecule has 0 saturated carbocycles. The molecule has 1 unspecified atom stereocenters. The van der Waals surface area contributed by atoms with Crippen LogP contribution in [-0.2, 0) is 9.53 Å². The Hall–Kier alpha value is -1.34. The normalized spacial score (nSPS) is 20.1. The van der Waals surface area contributed by atoms with Crippen molar-refractivity contribution >= 4 is 12.0 Å². The molecule has 1 heterocycles. The summed E-state index contributed by atoms with van der Waals surface area (Å²) >= 11 is 0. The highest BCUT2D eigenvalue weighted by atomic mass is 16.5. The average Bonchev–Trinajstić information content (AvgIpc) is 2.35. The smallest absolute Gasteiger partial charge is 0.323 e. The van der Waals surface area contributed by atoms with Crippen molar-refractivity contribution in [3.8, 4) is 0 Å². The lowest BCUT2D eigenvalue weighted by molar-refractivity contribution is -0.137. The Morgan fingerprint density at radius 1 is 1.53 bits per heavy atom. The molecule has 0 aromatic rings. The van der Waals surface area contributed by atoms with Crippen LogP contribution >= 0.6 is 0 Å². The molecule has 7 nitrogen and oxygen atoms in total. The minimum atomic E-state index is -1.04. The molecular weight excluding hydrogens is 228 g/mol. The molecular formula is C10H18N2O5. The van der Waals surface area contributed by atoms with Crippen LogP contribution in [0.15, 0.2) is 0 Å². The lowest BCUT2D eigenvalue weighted by Gasteiger charge is -2.35. The highest BCUT2D eigenvalue weighted by molar-refractivity contribution is 5.80. The van der Waals surface area contributed by atoms with Gasteiger partial charge in [0.25, 0.3) is 0 Å². The fourth-order valence-electron chi connectivity index (χ4n) is 1.68. The van der Waals surface area contributed by atoms with E-state index in [1.165, 1.54) is 9.80 Å². The molecule has 0 radical (unpaired) electrons. The summed E-state index contributed by atoms with van der Waals surface area (Å²) < 4.78 is 5.22. The number of morpholine rings is 1. The lowest BCUT2D eigenvalue weighted by atomic mass is 10.3. The van der Waals surface area contributed by atoms with Crippen LogP contribution in [-0.4, -0.2) is 77.5 Å². The Morgan fingerprint density at radius 2 is 2.24 bits per heavy atom. The van der Waals surface area contributed by atoms with Gasteiger partial charge in [-0.25, -0.2) is 4.79 Å². The molecule has 0 aromatic carbocycles. The van der Waals surface area contributed by atoms with Crippen molar-refractivity contribution in [1.29, 1.82) is 0 Å². The Balaban J connectivity index is 2.57. The molecule has 0 aromatic heterocycles. The zero-order chi connectivity index (χ0) is 12.8. The SMILES string of the molecule is CCN(CC(=O)O)C(=O)N1CCOC(CO)C1. The molecule has 1 aliphatic rings. The third-order valence-corrected chi connectivity index (χ3v) is 2.59. The lowest BCUT2D eigenvalue weighted by Crippen LogP contribution is -2.52. The van der Waals surface area contributed by atoms with Gasteiger partial charge >= 0.3 is 12.0 Å². The van der Waals surface area contributed by atoms with E-state index < -0.39 is 5.97 Å². The molecule has 17 heavy (non-hydrogen) atoms. The second kappa shape index (κ2) is 6.41. The first-order valence-corrected chi connectivity index (χ1v) is 5.56. The zero-order valence-electron chi connectivity index (χ0n) is 9.83. The van der Waals surface area contributed by atoms with Gasteiger partial charge in [-0.2, -0.15) is 0 Å². The molecule has 0 spiro atoms. The van der Waals surface area contributed by atoms with E-state index >= 15 is 0 Å². The van der Waals surface area contributed by atoms with E-state index in [9.17, 15) is 9.59 Å². The highest BCUT2D eigenvalue weighted by Crippen LogP contribution is 2.08. The molecule has 1 atom stereocenters. The minimum Gasteiger partial charge on any atom is -0.480 e. The van der Waals surface area contributed by atoms with Crippen molar-refractivity contribution in [1.82, 2.24) is 9.80 Å². The molecule has 0 bridgehead atoms. The Labute approximate surface area is 99.6 Å². The number of carbonyl (C=O) groups excluding carboxylic acids is 1. The number of urea groups is 1. The molecule has 98 valence electrons. The summed E-state index contributed by atoms with van der Waals surface area (Å²) in [6, 6.07) is -0.323. The van der Waals surface area contributed by atoms with Crippen LogP contribution in [0.2, 0.25) is 0 Å². The first-order valence-electron chi connectivity index (χ1n) is 5.56. The number of aliphatic hydroxyl groups excluding tert-OH is 1. The number of carboxylic acids is 1. The quantitative estimate of drug-likeness (QED) is 0.678. The molecule has 2 amide bonds. The maximum absolute atomic E-state index is 12.0. The van der Waals surface area contributed by atoms with Gasteiger partial charge in [0.2, 0.25) is 0 Å². The van der Waals surface area contributed by atoms with Crippen LogP contribution in [0.25, 0.3) is 0 Å². The number of aliphatic carboxylic acids is 1. The number of likely N-dealkylation sites (N-methyl/N-ethyl adjacent to an activating group) is 1. The fourth-order valence-corrected chi connectivity index (χ4v) is 1.68. The van der Waals surface area contributed by atoms with Crippen LogP contribution < -0.4 is 0 Å². The van der Waals surface area contributed by atoms with Gasteiger partial charge in [-0.1, -0.05) is 0 Å². The maximum atomic E-state index is 12.0. The van der Waals surface area contributed by atoms with Crippen molar-refractivity contribution in [2.75, 3.05) is 39.4 Å². The predicted molar refractivity (Wildman–Crippen MR) is 58.7 cm³/mol. The van der Waals surface area contributed by atoms with Crippen LogP contribution in [0.4, 0.5) is 4.79 Å². The van der Waals surface area contributed by atoms with Gasteiger partial charge in [-0.15, -0.1) is 0 Å². The highest BCUT2D eigenvalue weighted by Gasteiger charge is 2.27. The molecule has 2 N–H and O–H groups in total. The summed E-state index contributed by atoms with van der Waals surface area (Å²) in [5.74, 6) is -1.04. The van der Waals surface area contributed by atoms with Crippen LogP contribution in [0, 0.1) is 0 Å². The van der Waals surface area contributed by atoms with Gasteiger partial charge in [0, 0.05) is 13.1 Å². The summed E-state index contributed by atoms with van der Waals surface area (Å²) in [7, 11) is 0. The van der Waals surface area contributed by atoms with Gasteiger partial charge < -0.3 is 24.7 Å². The van der Waals surface area contributed by atoms with Crippen molar-refractivity contribution in [2.45, 2.75) is 13.0 Å². The van der Waals surface area contributed by atoms with Crippen molar-refractivity contribution in [2.24, 2.45) is 0 Å². The first kappa shape index (κ1) is 13.7. The predicted octanol–water partition coefficient (Wildman–Crippen LogP) is -0.794. The number of rotatable bonds is 4. The molecule has 7 heteroatoms. The Bertz CT molecular complexity index is 284. The van der Waals surface area contributed by atoms with E-state index in [1.54, 1.807) is 6.92 Å². The molecule has 1 rings (SSSR count). The average molecular weight is 246 g/mol. The minimum absolute atomic E-state index is 0.144. The number of hydrogen-bond acceptors (Lipinski definition) is 4. The molecule has 1 saturated heterocycles. The van der Waals surface area contributed by atoms with Gasteiger partial charge in [-0.3, -0.25) is 4.79 Å². The number of carboxylic acid groups (broad SMARTS) is 1. The number of nitrogens with zero attached hydrogens (tertiary/aromatic N) is 2. The third kappa shape index (κ3) is 3.86. The number of aliphatic hydroxyl groups is 1. The summed E-state index contributed by atoms with van der Waals surface area (Å²) in [4.78, 5) is 25.3. The summed E-state index contributed by atoms with van der Waals surface area (Å²) in [6.07, 6.45) is -0.378. The van der Waals surface area contributed by atoms with Crippen molar-refractivity contribution in [3.63, 3.8) is 0 Å². The topological polar surface area (TPSA) is 90.3 Å². The Kier molecular flexibility index (Phi) is 5.17. The third-order valence-electron chi connectivity index (χ3n) is 2.59. The molecule has 1 fully saturated rings. The zero-order valence-corrected chi connectivity index (χ0v) is 9.83. The van der Waals surface area contributed by atoms with E-state index in [2.05, 4.69) is 0 Å². The van der Waals surface area contributed by atoms with Gasteiger partial charge in [0.1, 0.15) is 6.54 Å². The first-order chi connectivity index (χ1) is 8.08. The maximum Gasteiger partial charge on any atom is 0.323 e. The molecule has 1 aliphatic heterocycles. The number of hydrogen-bond donors (Lipinski definition) is 2. The second-order valence-electron chi connectivity index (χ2n) is 3.81. The number of ether oxygens (including phenoxy) is 1. The van der Waals surface area contributed by atoms with Crippen LogP contribution in [0.3, 0.4) is 0 Å². The Morgan fingerprint density at radius 3 is 2.76 bits per heavy atom. The van der Waals surface area contributed by atoms with Gasteiger partial charge in [-0.05, 0) is 6.92 Å². The largest absolute Gasteiger partial charge is 0.480 e. The fraction of sp³-hybridized carbons (Fsp3) is 0.800. The van der Waals surface area contributed by atoms with Crippen LogP contribution in [0.1, 0.15) is 6.92 Å². The standard InChI is InChI=1S/C10H18N2O5/c1-2-11(6-9(14)15)10(16)12-3-4-17-8(5-12)7-13/h8,13H,2-7H2,1H3,(H,14,15). The van der Waals surface area contributed by atoms with Gasteiger partial charge in [0.05, 0.1) is 25.9 Å². The van der Waals surface area contributed by atoms with E-state index in [0.717, 1.165) is 0 Å². The van der Waals surface area contributed by atoms with Crippen molar-refractivity contribution < 1.29 is 24.5 Å². The molecule has 0 aliphatic carbocycles. The van der Waals surface area contributed by atoms with E-state index in [-0.39, 0.29) is 25.3 Å². The number of carbonyl (C=O) groups is 2. The van der Waals surface area contributed by atoms with Crippen LogP contribution in [0.5, 0.6) is 0 Å². The monoisotopic (exact) mass is 246 g/mol. The van der Waals surface area contributed by atoms with E-state index in [1.807, 2.05) is 0 Å². The summed E-state index contributed by atoms with van der Waals surface area (Å²) in [5, 5.41) is 17.6. The van der Waals surface area contributed by atoms with E-state index in [0.29, 0.717) is 26.2 Å². The van der Waals surface area contributed by atoms with E-state index in [4.69, 9.17) is 14.9 Å². The van der Waals surface area contributed by atoms with Gasteiger partial charge in [0.15, 0.2) is 0 Å². The summed E-state index contributed by atoms with van der Waals surface area (Å²) in [5.41, 5.74) is 0. The summed E-state index contributed by atoms with van der Waals surface area (Å²) in [6.45, 7) is 2.70. The second-order valence-corrected chi connectivity index (χ2v) is 3.81. The number of amides is 2.